The second-order valence-electron chi connectivity index (χ2n) is 6.59. The fraction of sp³-hybridized carbons (Fsp3) is 0.529. The fourth-order valence-electron chi connectivity index (χ4n) is 3.13. The average Bonchev–Trinajstić information content (AvgIpc) is 2.81. The molecule has 4 nitrogen and oxygen atoms in total. The van der Waals surface area contributed by atoms with Crippen LogP contribution in [0.5, 0.6) is 0 Å². The molecule has 4 heteroatoms. The van der Waals surface area contributed by atoms with E-state index >= 15 is 0 Å². The maximum atomic E-state index is 12.5. The molecule has 0 radical (unpaired) electrons. The van der Waals surface area contributed by atoms with Gasteiger partial charge >= 0.3 is 5.97 Å². The van der Waals surface area contributed by atoms with E-state index in [-0.39, 0.29) is 5.91 Å². The van der Waals surface area contributed by atoms with Crippen molar-refractivity contribution in [3.8, 4) is 0 Å². The van der Waals surface area contributed by atoms with Crippen molar-refractivity contribution < 1.29 is 14.7 Å². The maximum Gasteiger partial charge on any atom is 0.311 e. The molecule has 112 valence electrons. The smallest absolute Gasteiger partial charge is 0.311 e. The molecule has 1 aliphatic carbocycles. The molecule has 1 aromatic rings. The summed E-state index contributed by atoms with van der Waals surface area (Å²) in [5.41, 5.74) is 1.17. The van der Waals surface area contributed by atoms with Crippen LogP contribution >= 0.6 is 0 Å². The van der Waals surface area contributed by atoms with Gasteiger partial charge in [0.1, 0.15) is 0 Å². The molecule has 1 amide bonds. The van der Waals surface area contributed by atoms with E-state index in [0.717, 1.165) is 0 Å². The molecule has 1 aliphatic heterocycles. The number of nitrogens with zero attached hydrogens (tertiary/aromatic N) is 1. The summed E-state index contributed by atoms with van der Waals surface area (Å²) in [5, 5.41) is 9.24. The van der Waals surface area contributed by atoms with E-state index in [4.69, 9.17) is 0 Å². The van der Waals surface area contributed by atoms with Crippen LogP contribution in [0.15, 0.2) is 24.3 Å². The van der Waals surface area contributed by atoms with E-state index in [1.54, 1.807) is 11.8 Å². The number of hydrogen-bond acceptors (Lipinski definition) is 2. The number of carbonyl (C=O) groups excluding carboxylic acids is 1. The lowest BCUT2D eigenvalue weighted by molar-refractivity contribution is -0.147. The van der Waals surface area contributed by atoms with E-state index in [1.807, 2.05) is 24.3 Å². The Morgan fingerprint density at radius 3 is 2.38 bits per heavy atom. The summed E-state index contributed by atoms with van der Waals surface area (Å²) >= 11 is 0. The van der Waals surface area contributed by atoms with E-state index in [2.05, 4.69) is 0 Å². The molecule has 1 unspecified atom stereocenters. The van der Waals surface area contributed by atoms with Crippen LogP contribution in [-0.2, 0) is 4.79 Å². The molecule has 0 aromatic heterocycles. The Morgan fingerprint density at radius 1 is 1.24 bits per heavy atom. The maximum absolute atomic E-state index is 12.5. The zero-order valence-corrected chi connectivity index (χ0v) is 12.3. The van der Waals surface area contributed by atoms with Gasteiger partial charge in [-0.3, -0.25) is 9.59 Å². The van der Waals surface area contributed by atoms with Crippen LogP contribution in [0.4, 0.5) is 0 Å². The molecule has 2 fully saturated rings. The minimum absolute atomic E-state index is 0.0554. The molecule has 2 aliphatic rings. The van der Waals surface area contributed by atoms with E-state index in [1.165, 1.54) is 24.8 Å². The van der Waals surface area contributed by atoms with Crippen LogP contribution in [0.3, 0.4) is 0 Å². The largest absolute Gasteiger partial charge is 0.481 e. The lowest BCUT2D eigenvalue weighted by atomic mass is 9.80. The SMILES string of the molecule is CC1(C(=O)O)CCN(C(=O)c2ccc(C3CCC3)cc2)C1. The number of carboxylic acids is 1. The first kappa shape index (κ1) is 14.1. The summed E-state index contributed by atoms with van der Waals surface area (Å²) in [6.07, 6.45) is 4.31. The normalized spacial score (nSPS) is 25.7. The summed E-state index contributed by atoms with van der Waals surface area (Å²) in [4.78, 5) is 25.4. The molecule has 0 bridgehead atoms. The highest BCUT2D eigenvalue weighted by Gasteiger charge is 2.42. The third-order valence-electron chi connectivity index (χ3n) is 5.01. The molecule has 1 heterocycles. The number of rotatable bonds is 3. The predicted molar refractivity (Wildman–Crippen MR) is 79.3 cm³/mol. The van der Waals surface area contributed by atoms with E-state index in [9.17, 15) is 14.7 Å². The van der Waals surface area contributed by atoms with Crippen molar-refractivity contribution in [2.45, 2.75) is 38.5 Å². The third kappa shape index (κ3) is 2.55. The Hall–Kier alpha value is -1.84. The summed E-state index contributed by atoms with van der Waals surface area (Å²) in [7, 11) is 0. The minimum Gasteiger partial charge on any atom is -0.481 e. The van der Waals surface area contributed by atoms with Crippen LogP contribution in [0.2, 0.25) is 0 Å². The first-order valence-electron chi connectivity index (χ1n) is 7.62. The van der Waals surface area contributed by atoms with Gasteiger partial charge in [-0.15, -0.1) is 0 Å². The third-order valence-corrected chi connectivity index (χ3v) is 5.01. The van der Waals surface area contributed by atoms with Crippen LogP contribution < -0.4 is 0 Å². The summed E-state index contributed by atoms with van der Waals surface area (Å²) in [6, 6.07) is 7.85. The molecular formula is C17H21NO3. The van der Waals surface area contributed by atoms with Gasteiger partial charge < -0.3 is 10.0 Å². The lowest BCUT2D eigenvalue weighted by Crippen LogP contribution is -2.34. The number of carbonyl (C=O) groups is 2. The van der Waals surface area contributed by atoms with Gasteiger partial charge in [-0.25, -0.2) is 0 Å². The van der Waals surface area contributed by atoms with Gasteiger partial charge in [0.2, 0.25) is 0 Å². The van der Waals surface area contributed by atoms with Gasteiger partial charge in [-0.2, -0.15) is 0 Å². The Kier molecular flexibility index (Phi) is 3.47. The lowest BCUT2D eigenvalue weighted by Gasteiger charge is -2.26. The molecule has 1 saturated heterocycles. The highest BCUT2D eigenvalue weighted by Crippen LogP contribution is 2.36. The van der Waals surface area contributed by atoms with Crippen molar-refractivity contribution >= 4 is 11.9 Å². The molecule has 21 heavy (non-hydrogen) atoms. The van der Waals surface area contributed by atoms with Gasteiger partial charge in [-0.05, 0) is 49.8 Å². The Balaban J connectivity index is 1.69. The highest BCUT2D eigenvalue weighted by atomic mass is 16.4. The van der Waals surface area contributed by atoms with Crippen LogP contribution in [0.25, 0.3) is 0 Å². The Morgan fingerprint density at radius 2 is 1.90 bits per heavy atom. The second kappa shape index (κ2) is 5.17. The minimum atomic E-state index is -0.821. The van der Waals surface area contributed by atoms with Gasteiger partial charge in [0.25, 0.3) is 5.91 Å². The number of benzene rings is 1. The number of hydrogen-bond donors (Lipinski definition) is 1. The Bertz CT molecular complexity index is 562. The van der Waals surface area contributed by atoms with Crippen molar-refractivity contribution in [1.29, 1.82) is 0 Å². The van der Waals surface area contributed by atoms with E-state index in [0.29, 0.717) is 31.0 Å². The molecule has 1 aromatic carbocycles. The van der Waals surface area contributed by atoms with Crippen LogP contribution in [-0.4, -0.2) is 35.0 Å². The first-order valence-corrected chi connectivity index (χ1v) is 7.62. The number of aliphatic carboxylic acids is 1. The first-order chi connectivity index (χ1) is 9.99. The number of likely N-dealkylation sites (tertiary alicyclic amines) is 1. The predicted octanol–water partition coefficient (Wildman–Crippen LogP) is 2.89. The van der Waals surface area contributed by atoms with Gasteiger partial charge in [0.15, 0.2) is 0 Å². The van der Waals surface area contributed by atoms with Crippen molar-refractivity contribution in [2.75, 3.05) is 13.1 Å². The highest BCUT2D eigenvalue weighted by molar-refractivity contribution is 5.95. The quantitative estimate of drug-likeness (QED) is 0.930. The summed E-state index contributed by atoms with van der Waals surface area (Å²) in [5.74, 6) is -0.213. The molecular weight excluding hydrogens is 266 g/mol. The monoisotopic (exact) mass is 287 g/mol. The average molecular weight is 287 g/mol. The van der Waals surface area contributed by atoms with Gasteiger partial charge in [0, 0.05) is 18.7 Å². The molecule has 3 rings (SSSR count). The zero-order chi connectivity index (χ0) is 15.0. The second-order valence-corrected chi connectivity index (χ2v) is 6.59. The molecule has 1 saturated carbocycles. The topological polar surface area (TPSA) is 57.6 Å². The van der Waals surface area contributed by atoms with Crippen molar-refractivity contribution in [3.63, 3.8) is 0 Å². The zero-order valence-electron chi connectivity index (χ0n) is 12.3. The van der Waals surface area contributed by atoms with Crippen molar-refractivity contribution in [3.05, 3.63) is 35.4 Å². The van der Waals surface area contributed by atoms with Crippen molar-refractivity contribution in [2.24, 2.45) is 5.41 Å². The molecule has 1 atom stereocenters. The molecule has 0 spiro atoms. The summed E-state index contributed by atoms with van der Waals surface area (Å²) in [6.45, 7) is 2.53. The van der Waals surface area contributed by atoms with Crippen LogP contribution in [0.1, 0.15) is 54.4 Å². The number of carboxylic acid groups (broad SMARTS) is 1. The van der Waals surface area contributed by atoms with Gasteiger partial charge in [-0.1, -0.05) is 18.6 Å². The van der Waals surface area contributed by atoms with Crippen molar-refractivity contribution in [1.82, 2.24) is 4.90 Å². The van der Waals surface area contributed by atoms with Crippen LogP contribution in [0, 0.1) is 5.41 Å². The Labute approximate surface area is 124 Å². The fourth-order valence-corrected chi connectivity index (χ4v) is 3.13. The van der Waals surface area contributed by atoms with E-state index < -0.39 is 11.4 Å². The van der Waals surface area contributed by atoms with Gasteiger partial charge in [0.05, 0.1) is 5.41 Å². The standard InChI is InChI=1S/C17H21NO3/c1-17(16(20)21)9-10-18(11-17)15(19)14-7-5-13(6-8-14)12-3-2-4-12/h5-8,12H,2-4,9-11H2,1H3,(H,20,21). The summed E-state index contributed by atoms with van der Waals surface area (Å²) < 4.78 is 0. The number of amides is 1. The molecule has 1 N–H and O–H groups in total.